The Hall–Kier alpha value is -1.76. The third-order valence-electron chi connectivity index (χ3n) is 6.44. The van der Waals surface area contributed by atoms with Gasteiger partial charge in [0.1, 0.15) is 0 Å². The summed E-state index contributed by atoms with van der Waals surface area (Å²) >= 11 is 0. The highest BCUT2D eigenvalue weighted by Gasteiger charge is 2.36. The zero-order valence-electron chi connectivity index (χ0n) is 15.0. The minimum Gasteiger partial charge on any atom is -0.309 e. The Morgan fingerprint density at radius 2 is 1.85 bits per heavy atom. The Labute approximate surface area is 153 Å². The Bertz CT molecular complexity index is 737. The fourth-order valence-electron chi connectivity index (χ4n) is 5.17. The van der Waals surface area contributed by atoms with Crippen molar-refractivity contribution >= 4 is 11.8 Å². The first-order valence-electron chi connectivity index (χ1n) is 9.81. The topological polar surface area (TPSA) is 64.7 Å². The second kappa shape index (κ2) is 6.44. The molecule has 2 amide bonds. The fourth-order valence-corrected chi connectivity index (χ4v) is 5.17. The zero-order chi connectivity index (χ0) is 17.7. The van der Waals surface area contributed by atoms with E-state index in [2.05, 4.69) is 38.6 Å². The SMILES string of the molecule is O=C1CCC(N2Cc3cccc(CN4CC5CCC(C4)N5)c3C2)C(=O)N1. The minimum atomic E-state index is -0.178. The lowest BCUT2D eigenvalue weighted by Crippen LogP contribution is -2.51. The molecular formula is C20H26N4O2. The number of hydrogen-bond donors (Lipinski definition) is 2. The Kier molecular flexibility index (Phi) is 4.07. The fraction of sp³-hybridized carbons (Fsp3) is 0.600. The van der Waals surface area contributed by atoms with Crippen LogP contribution in [0.25, 0.3) is 0 Å². The molecule has 0 aliphatic carbocycles. The van der Waals surface area contributed by atoms with Gasteiger partial charge in [-0.25, -0.2) is 0 Å². The Morgan fingerprint density at radius 1 is 1.04 bits per heavy atom. The van der Waals surface area contributed by atoms with E-state index in [1.807, 2.05) is 0 Å². The van der Waals surface area contributed by atoms with Gasteiger partial charge in [-0.2, -0.15) is 0 Å². The lowest BCUT2D eigenvalue weighted by Gasteiger charge is -2.33. The Morgan fingerprint density at radius 3 is 2.62 bits per heavy atom. The van der Waals surface area contributed by atoms with Crippen LogP contribution in [-0.2, 0) is 29.2 Å². The molecule has 3 fully saturated rings. The molecule has 5 rings (SSSR count). The van der Waals surface area contributed by atoms with Gasteiger partial charge in [0.15, 0.2) is 0 Å². The first-order chi connectivity index (χ1) is 12.7. The predicted molar refractivity (Wildman–Crippen MR) is 97.1 cm³/mol. The molecule has 2 bridgehead atoms. The number of hydrogen-bond acceptors (Lipinski definition) is 5. The minimum absolute atomic E-state index is 0.130. The van der Waals surface area contributed by atoms with Crippen LogP contribution in [0.15, 0.2) is 18.2 Å². The van der Waals surface area contributed by atoms with Crippen LogP contribution in [0.5, 0.6) is 0 Å². The van der Waals surface area contributed by atoms with Gasteiger partial charge in [0.25, 0.3) is 0 Å². The molecule has 4 heterocycles. The third kappa shape index (κ3) is 2.96. The zero-order valence-corrected chi connectivity index (χ0v) is 15.0. The largest absolute Gasteiger partial charge is 0.309 e. The molecule has 2 N–H and O–H groups in total. The van der Waals surface area contributed by atoms with Gasteiger partial charge in [-0.1, -0.05) is 18.2 Å². The monoisotopic (exact) mass is 354 g/mol. The number of nitrogens with zero attached hydrogens (tertiary/aromatic N) is 2. The molecule has 6 nitrogen and oxygen atoms in total. The van der Waals surface area contributed by atoms with Gasteiger partial charge in [-0.3, -0.25) is 24.7 Å². The average Bonchev–Trinajstić information content (AvgIpc) is 3.18. The van der Waals surface area contributed by atoms with Crippen molar-refractivity contribution < 1.29 is 9.59 Å². The molecule has 138 valence electrons. The number of likely N-dealkylation sites (tertiary alicyclic amines) is 1. The number of carbonyl (C=O) groups excluding carboxylic acids is 2. The number of nitrogens with one attached hydrogen (secondary N) is 2. The Balaban J connectivity index is 1.31. The molecular weight excluding hydrogens is 328 g/mol. The number of benzene rings is 1. The average molecular weight is 354 g/mol. The lowest BCUT2D eigenvalue weighted by molar-refractivity contribution is -0.137. The van der Waals surface area contributed by atoms with Crippen LogP contribution in [-0.4, -0.2) is 52.8 Å². The summed E-state index contributed by atoms with van der Waals surface area (Å²) in [7, 11) is 0. The van der Waals surface area contributed by atoms with E-state index in [1.165, 1.54) is 29.5 Å². The van der Waals surface area contributed by atoms with E-state index in [1.54, 1.807) is 0 Å². The van der Waals surface area contributed by atoms with E-state index >= 15 is 0 Å². The van der Waals surface area contributed by atoms with Gasteiger partial charge < -0.3 is 5.32 Å². The summed E-state index contributed by atoms with van der Waals surface area (Å²) in [6.45, 7) is 4.90. The van der Waals surface area contributed by atoms with Crippen LogP contribution < -0.4 is 10.6 Å². The van der Waals surface area contributed by atoms with E-state index in [0.717, 1.165) is 32.7 Å². The van der Waals surface area contributed by atoms with Crippen molar-refractivity contribution in [3.05, 3.63) is 34.9 Å². The summed E-state index contributed by atoms with van der Waals surface area (Å²) in [6, 6.07) is 7.72. The molecule has 0 spiro atoms. The summed E-state index contributed by atoms with van der Waals surface area (Å²) in [5.41, 5.74) is 4.13. The summed E-state index contributed by atoms with van der Waals surface area (Å²) in [6.07, 6.45) is 3.68. The first-order valence-corrected chi connectivity index (χ1v) is 9.81. The van der Waals surface area contributed by atoms with Crippen LogP contribution in [0.4, 0.5) is 0 Å². The molecule has 3 atom stereocenters. The lowest BCUT2D eigenvalue weighted by atomic mass is 10.0. The molecule has 4 aliphatic rings. The predicted octanol–water partition coefficient (Wildman–Crippen LogP) is 0.744. The molecule has 4 aliphatic heterocycles. The number of piperazine rings is 1. The summed E-state index contributed by atoms with van der Waals surface area (Å²) < 4.78 is 0. The number of carbonyl (C=O) groups is 2. The van der Waals surface area contributed by atoms with E-state index in [9.17, 15) is 9.59 Å². The molecule has 0 saturated carbocycles. The highest BCUT2D eigenvalue weighted by Crippen LogP contribution is 2.31. The van der Waals surface area contributed by atoms with Gasteiger partial charge >= 0.3 is 0 Å². The van der Waals surface area contributed by atoms with Crippen LogP contribution in [0.1, 0.15) is 42.4 Å². The summed E-state index contributed by atoms with van der Waals surface area (Å²) in [5, 5.41) is 6.19. The standard InChI is InChI=1S/C20H26N4O2/c25-19-7-6-18(20(26)22-19)24-9-14-3-1-2-13(17(14)12-24)8-23-10-15-4-5-16(11-23)21-15/h1-3,15-16,18,21H,4-12H2,(H,22,25,26). The number of fused-ring (bicyclic) bond motifs is 3. The highest BCUT2D eigenvalue weighted by molar-refractivity contribution is 6.00. The second-order valence-corrected chi connectivity index (χ2v) is 8.26. The molecule has 1 aromatic carbocycles. The van der Waals surface area contributed by atoms with Crippen molar-refractivity contribution in [1.82, 2.24) is 20.4 Å². The molecule has 6 heteroatoms. The van der Waals surface area contributed by atoms with E-state index in [4.69, 9.17) is 0 Å². The van der Waals surface area contributed by atoms with E-state index < -0.39 is 0 Å². The van der Waals surface area contributed by atoms with Crippen LogP contribution in [0, 0.1) is 0 Å². The summed E-state index contributed by atoms with van der Waals surface area (Å²) in [4.78, 5) is 28.5. The maximum absolute atomic E-state index is 12.2. The normalized spacial score (nSPS) is 31.9. The van der Waals surface area contributed by atoms with Crippen molar-refractivity contribution in [1.29, 1.82) is 0 Å². The highest BCUT2D eigenvalue weighted by atomic mass is 16.2. The molecule has 3 saturated heterocycles. The smallest absolute Gasteiger partial charge is 0.243 e. The molecule has 3 unspecified atom stereocenters. The number of amides is 2. The van der Waals surface area contributed by atoms with Crippen LogP contribution in [0.2, 0.25) is 0 Å². The van der Waals surface area contributed by atoms with Crippen molar-refractivity contribution in [2.75, 3.05) is 13.1 Å². The van der Waals surface area contributed by atoms with Crippen LogP contribution in [0.3, 0.4) is 0 Å². The second-order valence-electron chi connectivity index (χ2n) is 8.26. The molecule has 0 aromatic heterocycles. The van der Waals surface area contributed by atoms with Crippen LogP contribution >= 0.6 is 0 Å². The van der Waals surface area contributed by atoms with Crippen molar-refractivity contribution in [2.24, 2.45) is 0 Å². The quantitative estimate of drug-likeness (QED) is 0.784. The number of rotatable bonds is 3. The van der Waals surface area contributed by atoms with Gasteiger partial charge in [0, 0.05) is 51.2 Å². The number of imide groups is 1. The van der Waals surface area contributed by atoms with Gasteiger partial charge in [-0.05, 0) is 36.0 Å². The maximum atomic E-state index is 12.2. The molecule has 26 heavy (non-hydrogen) atoms. The van der Waals surface area contributed by atoms with Gasteiger partial charge in [0.05, 0.1) is 6.04 Å². The van der Waals surface area contributed by atoms with Gasteiger partial charge in [0.2, 0.25) is 11.8 Å². The van der Waals surface area contributed by atoms with E-state index in [-0.39, 0.29) is 17.9 Å². The maximum Gasteiger partial charge on any atom is 0.243 e. The molecule has 0 radical (unpaired) electrons. The van der Waals surface area contributed by atoms with Crippen molar-refractivity contribution in [3.8, 4) is 0 Å². The number of piperidine rings is 1. The van der Waals surface area contributed by atoms with Gasteiger partial charge in [-0.15, -0.1) is 0 Å². The van der Waals surface area contributed by atoms with Crippen molar-refractivity contribution in [3.63, 3.8) is 0 Å². The van der Waals surface area contributed by atoms with E-state index in [0.29, 0.717) is 24.9 Å². The third-order valence-corrected chi connectivity index (χ3v) is 6.44. The molecule has 1 aromatic rings. The summed E-state index contributed by atoms with van der Waals surface area (Å²) in [5.74, 6) is -0.272. The first kappa shape index (κ1) is 16.4. The van der Waals surface area contributed by atoms with Crippen molar-refractivity contribution in [2.45, 2.75) is 63.4 Å².